The monoisotopic (exact) mass is 323 g/mol. The number of thiol groups is 1. The summed E-state index contributed by atoms with van der Waals surface area (Å²) in [7, 11) is 0. The van der Waals surface area contributed by atoms with Gasteiger partial charge in [0.15, 0.2) is 5.69 Å². The first kappa shape index (κ1) is 15.9. The summed E-state index contributed by atoms with van der Waals surface area (Å²) in [5, 5.41) is 1.000. The van der Waals surface area contributed by atoms with E-state index in [9.17, 15) is 0 Å². The first-order chi connectivity index (χ1) is 11.0. The van der Waals surface area contributed by atoms with Crippen molar-refractivity contribution in [3.8, 4) is 11.3 Å². The minimum Gasteiger partial charge on any atom is -0.225 e. The highest BCUT2D eigenvalue weighted by molar-refractivity contribution is 7.80. The van der Waals surface area contributed by atoms with Crippen molar-refractivity contribution in [2.75, 3.05) is 0 Å². The normalized spacial score (nSPS) is 11.7. The van der Waals surface area contributed by atoms with Crippen LogP contribution in [0.25, 0.3) is 11.3 Å². The standard InChI is InChI=1S/C20H22N2S/c1-20(2,3)22-15-21(14-16-10-6-4-7-11-16)18(19(22)23)17-12-8-5-9-13-17/h4-13,15H,14H2,1-3H3/p+1. The summed E-state index contributed by atoms with van der Waals surface area (Å²) in [6.07, 6.45) is 2.18. The lowest BCUT2D eigenvalue weighted by atomic mass is 10.1. The maximum Gasteiger partial charge on any atom is 0.245 e. The second kappa shape index (κ2) is 6.25. The van der Waals surface area contributed by atoms with E-state index in [0.717, 1.165) is 17.3 Å². The van der Waals surface area contributed by atoms with E-state index < -0.39 is 0 Å². The number of hydrogen-bond donors (Lipinski definition) is 1. The molecule has 23 heavy (non-hydrogen) atoms. The predicted molar refractivity (Wildman–Crippen MR) is 97.9 cm³/mol. The van der Waals surface area contributed by atoms with E-state index in [-0.39, 0.29) is 5.54 Å². The van der Waals surface area contributed by atoms with Crippen molar-refractivity contribution in [2.24, 2.45) is 0 Å². The van der Waals surface area contributed by atoms with E-state index in [0.29, 0.717) is 0 Å². The maximum atomic E-state index is 4.85. The summed E-state index contributed by atoms with van der Waals surface area (Å²) >= 11 is 4.85. The molecule has 0 saturated heterocycles. The summed E-state index contributed by atoms with van der Waals surface area (Å²) < 4.78 is 4.53. The molecule has 2 aromatic carbocycles. The fourth-order valence-electron chi connectivity index (χ4n) is 2.78. The lowest BCUT2D eigenvalue weighted by Crippen LogP contribution is -2.50. The average Bonchev–Trinajstić information content (AvgIpc) is 2.86. The number of benzene rings is 2. The van der Waals surface area contributed by atoms with Crippen molar-refractivity contribution in [2.45, 2.75) is 37.9 Å². The maximum absolute atomic E-state index is 4.85. The van der Waals surface area contributed by atoms with Crippen molar-refractivity contribution in [3.05, 3.63) is 72.6 Å². The molecule has 0 unspecified atom stereocenters. The molecule has 0 aliphatic carbocycles. The van der Waals surface area contributed by atoms with Gasteiger partial charge in [-0.3, -0.25) is 0 Å². The van der Waals surface area contributed by atoms with Crippen molar-refractivity contribution in [1.29, 1.82) is 0 Å². The van der Waals surface area contributed by atoms with Gasteiger partial charge in [-0.1, -0.05) is 73.3 Å². The molecule has 0 aliphatic heterocycles. The molecule has 0 amide bonds. The van der Waals surface area contributed by atoms with Gasteiger partial charge >= 0.3 is 0 Å². The number of nitrogens with zero attached hydrogens (tertiary/aromatic N) is 2. The van der Waals surface area contributed by atoms with E-state index in [4.69, 9.17) is 12.6 Å². The van der Waals surface area contributed by atoms with E-state index in [1.54, 1.807) is 0 Å². The second-order valence-corrected chi connectivity index (χ2v) is 7.23. The van der Waals surface area contributed by atoms with E-state index >= 15 is 0 Å². The Morgan fingerprint density at radius 1 is 0.913 bits per heavy atom. The van der Waals surface area contributed by atoms with Crippen molar-refractivity contribution < 1.29 is 4.57 Å². The Labute approximate surface area is 143 Å². The highest BCUT2D eigenvalue weighted by Crippen LogP contribution is 2.27. The summed E-state index contributed by atoms with van der Waals surface area (Å²) in [4.78, 5) is 0. The Balaban J connectivity index is 2.14. The van der Waals surface area contributed by atoms with Gasteiger partial charge in [-0.2, -0.15) is 0 Å². The highest BCUT2D eigenvalue weighted by atomic mass is 32.1. The molecule has 0 bridgehead atoms. The zero-order valence-electron chi connectivity index (χ0n) is 13.9. The summed E-state index contributed by atoms with van der Waals surface area (Å²) in [5.74, 6) is 0. The number of imidazole rings is 1. The van der Waals surface area contributed by atoms with Crippen LogP contribution in [0, 0.1) is 0 Å². The van der Waals surface area contributed by atoms with Crippen LogP contribution in [0.5, 0.6) is 0 Å². The molecule has 0 N–H and O–H groups in total. The zero-order chi connectivity index (χ0) is 16.4. The van der Waals surface area contributed by atoms with Crippen LogP contribution in [0.1, 0.15) is 26.3 Å². The third-order valence-electron chi connectivity index (χ3n) is 3.95. The molecule has 3 heteroatoms. The molecule has 0 spiro atoms. The smallest absolute Gasteiger partial charge is 0.225 e. The predicted octanol–water partition coefficient (Wildman–Crippen LogP) is 4.53. The van der Waals surface area contributed by atoms with Crippen LogP contribution in [-0.2, 0) is 12.1 Å². The van der Waals surface area contributed by atoms with Gasteiger partial charge < -0.3 is 0 Å². The van der Waals surface area contributed by atoms with Crippen molar-refractivity contribution in [3.63, 3.8) is 0 Å². The molecule has 0 fully saturated rings. The van der Waals surface area contributed by atoms with Gasteiger partial charge in [-0.25, -0.2) is 9.13 Å². The molecule has 1 aromatic heterocycles. The van der Waals surface area contributed by atoms with Crippen LogP contribution in [-0.4, -0.2) is 4.57 Å². The summed E-state index contributed by atoms with van der Waals surface area (Å²) in [6.45, 7) is 7.44. The minimum atomic E-state index is -0.0114. The van der Waals surface area contributed by atoms with Crippen LogP contribution >= 0.6 is 12.6 Å². The lowest BCUT2D eigenvalue weighted by molar-refractivity contribution is -0.784. The fourth-order valence-corrected chi connectivity index (χ4v) is 3.39. The summed E-state index contributed by atoms with van der Waals surface area (Å²) in [5.41, 5.74) is 3.63. The molecule has 0 aliphatic rings. The number of hydrogen-bond acceptors (Lipinski definition) is 1. The topological polar surface area (TPSA) is 8.81 Å². The Bertz CT molecular complexity index is 784. The van der Waals surface area contributed by atoms with Gasteiger partial charge in [0.25, 0.3) is 0 Å². The second-order valence-electron chi connectivity index (χ2n) is 6.81. The first-order valence-corrected chi connectivity index (χ1v) is 8.35. The largest absolute Gasteiger partial charge is 0.245 e. The molecule has 0 radical (unpaired) electrons. The third-order valence-corrected chi connectivity index (χ3v) is 4.38. The Morgan fingerprint density at radius 2 is 1.48 bits per heavy atom. The molecular weight excluding hydrogens is 300 g/mol. The van der Waals surface area contributed by atoms with Gasteiger partial charge in [0.1, 0.15) is 12.1 Å². The number of aromatic nitrogens is 2. The van der Waals surface area contributed by atoms with Gasteiger partial charge in [0.05, 0.1) is 0 Å². The molecule has 0 atom stereocenters. The molecule has 2 nitrogen and oxygen atoms in total. The van der Waals surface area contributed by atoms with Crippen LogP contribution in [0.3, 0.4) is 0 Å². The fraction of sp³-hybridized carbons (Fsp3) is 0.250. The van der Waals surface area contributed by atoms with Gasteiger partial charge in [0, 0.05) is 5.56 Å². The average molecular weight is 323 g/mol. The molecular formula is C20H23N2S+. The SMILES string of the molecule is CC(C)(C)[n+]1cn(Cc2ccccc2)c(-c2ccccc2)c1S. The lowest BCUT2D eigenvalue weighted by Gasteiger charge is -2.15. The Morgan fingerprint density at radius 3 is 2.04 bits per heavy atom. The van der Waals surface area contributed by atoms with E-state index in [1.807, 2.05) is 6.07 Å². The van der Waals surface area contributed by atoms with E-state index in [2.05, 4.69) is 90.8 Å². The van der Waals surface area contributed by atoms with Crippen molar-refractivity contribution >= 4 is 12.6 Å². The van der Waals surface area contributed by atoms with Gasteiger partial charge in [-0.05, 0) is 26.3 Å². The van der Waals surface area contributed by atoms with Crippen molar-refractivity contribution in [1.82, 2.24) is 4.57 Å². The van der Waals surface area contributed by atoms with Crippen LogP contribution in [0.15, 0.2) is 72.0 Å². The number of rotatable bonds is 3. The molecule has 3 rings (SSSR count). The third kappa shape index (κ3) is 3.35. The van der Waals surface area contributed by atoms with E-state index in [1.165, 1.54) is 11.1 Å². The van der Waals surface area contributed by atoms with Crippen LogP contribution in [0.2, 0.25) is 0 Å². The minimum absolute atomic E-state index is 0.0114. The molecule has 3 aromatic rings. The summed E-state index contributed by atoms with van der Waals surface area (Å²) in [6, 6.07) is 21.0. The molecule has 118 valence electrons. The van der Waals surface area contributed by atoms with Crippen LogP contribution in [0.4, 0.5) is 0 Å². The molecule has 0 saturated carbocycles. The van der Waals surface area contributed by atoms with Crippen LogP contribution < -0.4 is 4.57 Å². The first-order valence-electron chi connectivity index (χ1n) is 7.90. The quantitative estimate of drug-likeness (QED) is 0.535. The Hall–Kier alpha value is -2.00. The van der Waals surface area contributed by atoms with Gasteiger partial charge in [0.2, 0.25) is 11.4 Å². The molecule has 1 heterocycles. The highest BCUT2D eigenvalue weighted by Gasteiger charge is 2.29. The Kier molecular flexibility index (Phi) is 4.31. The zero-order valence-corrected chi connectivity index (χ0v) is 14.8. The van der Waals surface area contributed by atoms with Gasteiger partial charge in [-0.15, -0.1) is 0 Å².